The Morgan fingerprint density at radius 2 is 2.00 bits per heavy atom. The molecule has 1 heterocycles. The summed E-state index contributed by atoms with van der Waals surface area (Å²) in [5, 5.41) is 3.48. The van der Waals surface area contributed by atoms with E-state index in [0.29, 0.717) is 11.5 Å². The van der Waals surface area contributed by atoms with E-state index in [9.17, 15) is 0 Å². The molecule has 16 heavy (non-hydrogen) atoms. The minimum Gasteiger partial charge on any atom is -0.317 e. The Labute approximate surface area is 106 Å². The number of hydrogen-bond donors (Lipinski definition) is 1. The minimum atomic E-state index is 0.576. The quantitative estimate of drug-likeness (QED) is 0.772. The fourth-order valence-corrected chi connectivity index (χ4v) is 3.37. The lowest BCUT2D eigenvalue weighted by molar-refractivity contribution is 0.107. The standard InChI is InChI=1S/C13H28N2S/c1-5-13(6-8-14-9-7-13)11-15(3)12(2)10-16-4/h12,14H,5-11H2,1-4H3. The van der Waals surface area contributed by atoms with Gasteiger partial charge in [0.2, 0.25) is 0 Å². The highest BCUT2D eigenvalue weighted by atomic mass is 32.2. The van der Waals surface area contributed by atoms with Crippen molar-refractivity contribution in [2.45, 2.75) is 39.2 Å². The van der Waals surface area contributed by atoms with Gasteiger partial charge in [0.1, 0.15) is 0 Å². The lowest BCUT2D eigenvalue weighted by Gasteiger charge is -2.41. The molecular formula is C13H28N2S. The van der Waals surface area contributed by atoms with Crippen molar-refractivity contribution < 1.29 is 0 Å². The van der Waals surface area contributed by atoms with E-state index in [1.54, 1.807) is 0 Å². The summed E-state index contributed by atoms with van der Waals surface area (Å²) in [4.78, 5) is 2.56. The minimum absolute atomic E-state index is 0.576. The number of hydrogen-bond acceptors (Lipinski definition) is 3. The van der Waals surface area contributed by atoms with Crippen molar-refractivity contribution in [2.75, 3.05) is 38.7 Å². The molecule has 0 aliphatic carbocycles. The maximum Gasteiger partial charge on any atom is 0.0155 e. The lowest BCUT2D eigenvalue weighted by atomic mass is 9.76. The van der Waals surface area contributed by atoms with Gasteiger partial charge < -0.3 is 10.2 Å². The van der Waals surface area contributed by atoms with Crippen molar-refractivity contribution in [2.24, 2.45) is 5.41 Å². The van der Waals surface area contributed by atoms with Crippen LogP contribution in [0.2, 0.25) is 0 Å². The fraction of sp³-hybridized carbons (Fsp3) is 1.00. The van der Waals surface area contributed by atoms with E-state index in [2.05, 4.69) is 37.4 Å². The second-order valence-electron chi connectivity index (χ2n) is 5.32. The van der Waals surface area contributed by atoms with Crippen LogP contribution in [-0.2, 0) is 0 Å². The van der Waals surface area contributed by atoms with Crippen molar-refractivity contribution in [3.63, 3.8) is 0 Å². The first kappa shape index (κ1) is 14.3. The van der Waals surface area contributed by atoms with E-state index in [1.165, 1.54) is 44.6 Å². The smallest absolute Gasteiger partial charge is 0.0155 e. The van der Waals surface area contributed by atoms with Gasteiger partial charge in [0.05, 0.1) is 0 Å². The Morgan fingerprint density at radius 1 is 1.38 bits per heavy atom. The lowest BCUT2D eigenvalue weighted by Crippen LogP contribution is -2.46. The zero-order valence-electron chi connectivity index (χ0n) is 11.4. The molecule has 0 radical (unpaired) electrons. The van der Waals surface area contributed by atoms with E-state index in [-0.39, 0.29) is 0 Å². The van der Waals surface area contributed by atoms with Gasteiger partial charge in [-0.05, 0) is 58.0 Å². The Hall–Kier alpha value is 0.270. The monoisotopic (exact) mass is 244 g/mol. The summed E-state index contributed by atoms with van der Waals surface area (Å²) < 4.78 is 0. The molecule has 1 aliphatic heterocycles. The topological polar surface area (TPSA) is 15.3 Å². The van der Waals surface area contributed by atoms with Crippen LogP contribution in [0.25, 0.3) is 0 Å². The zero-order chi connectivity index (χ0) is 12.0. The van der Waals surface area contributed by atoms with Gasteiger partial charge in [-0.1, -0.05) is 6.92 Å². The second kappa shape index (κ2) is 6.87. The van der Waals surface area contributed by atoms with Gasteiger partial charge in [-0.2, -0.15) is 11.8 Å². The first-order chi connectivity index (χ1) is 7.63. The van der Waals surface area contributed by atoms with Crippen LogP contribution in [0.15, 0.2) is 0 Å². The van der Waals surface area contributed by atoms with Gasteiger partial charge in [-0.25, -0.2) is 0 Å². The first-order valence-electron chi connectivity index (χ1n) is 6.53. The van der Waals surface area contributed by atoms with Crippen LogP contribution in [0, 0.1) is 5.41 Å². The molecule has 1 aliphatic rings. The van der Waals surface area contributed by atoms with Crippen LogP contribution >= 0.6 is 11.8 Å². The molecule has 0 bridgehead atoms. The number of thioether (sulfide) groups is 1. The highest BCUT2D eigenvalue weighted by Crippen LogP contribution is 2.33. The Kier molecular flexibility index (Phi) is 6.16. The van der Waals surface area contributed by atoms with E-state index in [0.717, 1.165) is 0 Å². The molecule has 1 unspecified atom stereocenters. The summed E-state index contributed by atoms with van der Waals surface area (Å²) in [6.45, 7) is 8.39. The molecule has 0 saturated carbocycles. The van der Waals surface area contributed by atoms with Crippen molar-refractivity contribution in [3.8, 4) is 0 Å². The van der Waals surface area contributed by atoms with Gasteiger partial charge in [-0.15, -0.1) is 0 Å². The van der Waals surface area contributed by atoms with Crippen molar-refractivity contribution >= 4 is 11.8 Å². The molecule has 96 valence electrons. The molecule has 0 aromatic carbocycles. The second-order valence-corrected chi connectivity index (χ2v) is 6.23. The van der Waals surface area contributed by atoms with E-state index >= 15 is 0 Å². The SMILES string of the molecule is CCC1(CN(C)C(C)CSC)CCNCC1. The summed E-state index contributed by atoms with van der Waals surface area (Å²) in [7, 11) is 2.29. The first-order valence-corrected chi connectivity index (χ1v) is 7.93. The van der Waals surface area contributed by atoms with Gasteiger partial charge in [0, 0.05) is 18.3 Å². The number of rotatable bonds is 6. The highest BCUT2D eigenvalue weighted by molar-refractivity contribution is 7.98. The van der Waals surface area contributed by atoms with Crippen LogP contribution in [0.3, 0.4) is 0 Å². The Morgan fingerprint density at radius 3 is 2.50 bits per heavy atom. The molecule has 1 N–H and O–H groups in total. The third-order valence-corrected chi connectivity index (χ3v) is 4.98. The van der Waals surface area contributed by atoms with Gasteiger partial charge in [0.15, 0.2) is 0 Å². The summed E-state index contributed by atoms with van der Waals surface area (Å²) in [6, 6.07) is 0.702. The van der Waals surface area contributed by atoms with Crippen LogP contribution in [0.1, 0.15) is 33.1 Å². The highest BCUT2D eigenvalue weighted by Gasteiger charge is 2.32. The number of nitrogens with zero attached hydrogens (tertiary/aromatic N) is 1. The van der Waals surface area contributed by atoms with Gasteiger partial charge in [0.25, 0.3) is 0 Å². The van der Waals surface area contributed by atoms with Crippen molar-refractivity contribution in [1.29, 1.82) is 0 Å². The average Bonchev–Trinajstić information content (AvgIpc) is 2.30. The van der Waals surface area contributed by atoms with Crippen molar-refractivity contribution in [3.05, 3.63) is 0 Å². The van der Waals surface area contributed by atoms with E-state index in [4.69, 9.17) is 0 Å². The number of nitrogens with one attached hydrogen (secondary N) is 1. The molecule has 0 aromatic heterocycles. The molecule has 1 rings (SSSR count). The maximum absolute atomic E-state index is 3.48. The predicted molar refractivity (Wildman–Crippen MR) is 75.3 cm³/mol. The molecule has 1 atom stereocenters. The summed E-state index contributed by atoms with van der Waals surface area (Å²) in [5.74, 6) is 1.24. The van der Waals surface area contributed by atoms with Crippen LogP contribution in [-0.4, -0.2) is 49.6 Å². The van der Waals surface area contributed by atoms with Crippen LogP contribution < -0.4 is 5.32 Å². The van der Waals surface area contributed by atoms with Crippen LogP contribution in [0.4, 0.5) is 0 Å². The molecule has 0 amide bonds. The Bertz CT molecular complexity index is 190. The molecule has 1 saturated heterocycles. The average molecular weight is 244 g/mol. The zero-order valence-corrected chi connectivity index (χ0v) is 12.2. The van der Waals surface area contributed by atoms with Crippen LogP contribution in [0.5, 0.6) is 0 Å². The summed E-state index contributed by atoms with van der Waals surface area (Å²) in [5.41, 5.74) is 0.576. The van der Waals surface area contributed by atoms with Crippen molar-refractivity contribution in [1.82, 2.24) is 10.2 Å². The number of piperidine rings is 1. The fourth-order valence-electron chi connectivity index (χ4n) is 2.63. The Balaban J connectivity index is 2.48. The summed E-state index contributed by atoms with van der Waals surface area (Å²) >= 11 is 1.95. The predicted octanol–water partition coefficient (Wildman–Crippen LogP) is 2.45. The molecule has 1 fully saturated rings. The van der Waals surface area contributed by atoms with E-state index in [1.807, 2.05) is 11.8 Å². The third kappa shape index (κ3) is 3.94. The normalized spacial score (nSPS) is 22.3. The molecular weight excluding hydrogens is 216 g/mol. The molecule has 0 spiro atoms. The molecule has 2 nitrogen and oxygen atoms in total. The van der Waals surface area contributed by atoms with E-state index < -0.39 is 0 Å². The summed E-state index contributed by atoms with van der Waals surface area (Å²) in [6.07, 6.45) is 6.22. The molecule has 0 aromatic rings. The largest absolute Gasteiger partial charge is 0.317 e. The van der Waals surface area contributed by atoms with Gasteiger partial charge >= 0.3 is 0 Å². The molecule has 3 heteroatoms. The third-order valence-electron chi connectivity index (χ3n) is 4.16. The maximum atomic E-state index is 3.48. The van der Waals surface area contributed by atoms with Gasteiger partial charge in [-0.3, -0.25) is 0 Å².